The number of carbonyl (C=O) groups is 6. The maximum Gasteiger partial charge on any atom is 0.336 e. The van der Waals surface area contributed by atoms with Crippen molar-refractivity contribution in [3.63, 3.8) is 0 Å². The first kappa shape index (κ1) is 27.5. The Bertz CT molecular complexity index is 1160. The molecular formula is C24H22O12. The van der Waals surface area contributed by atoms with Crippen LogP contribution in [-0.4, -0.2) is 66.5 Å². The molecule has 36 heavy (non-hydrogen) atoms. The molecule has 0 atom stereocenters. The second-order valence-electron chi connectivity index (χ2n) is 7.77. The van der Waals surface area contributed by atoms with Gasteiger partial charge in [-0.25, -0.2) is 28.8 Å². The van der Waals surface area contributed by atoms with Gasteiger partial charge in [-0.3, -0.25) is 0 Å². The van der Waals surface area contributed by atoms with Crippen molar-refractivity contribution in [3.05, 3.63) is 68.8 Å². The third kappa shape index (κ3) is 6.03. The normalized spacial score (nSPS) is 10.6. The number of hydrogen-bond donors (Lipinski definition) is 6. The van der Waals surface area contributed by atoms with Gasteiger partial charge in [0.2, 0.25) is 0 Å². The number of hydrogen-bond acceptors (Lipinski definition) is 6. The molecule has 0 aromatic heterocycles. The molecule has 0 spiro atoms. The summed E-state index contributed by atoms with van der Waals surface area (Å²) in [5.41, 5.74) is -3.22. The van der Waals surface area contributed by atoms with E-state index in [-0.39, 0.29) is 47.9 Å². The standard InChI is InChI=1S/C24H22O12/c25-19(26)13-7-9-15(21(29)30)17(23(33)34)11(13)5-3-1-2-4-6-12-14(20(27)28)8-10-16(22(31)32)18(12)24(35)36/h7-10H,1-6H2,(H,25,26)(H,27,28)(H,29,30)(H,31,32)(H,33,34)(H,35,36). The van der Waals surface area contributed by atoms with Crippen LogP contribution in [0.15, 0.2) is 24.3 Å². The second kappa shape index (κ2) is 11.6. The highest BCUT2D eigenvalue weighted by molar-refractivity contribution is 6.06. The molecule has 0 aliphatic carbocycles. The van der Waals surface area contributed by atoms with Crippen LogP contribution in [0.5, 0.6) is 0 Å². The molecule has 0 heterocycles. The molecule has 0 unspecified atom stereocenters. The molecule has 2 aromatic carbocycles. The Morgan fingerprint density at radius 1 is 0.417 bits per heavy atom. The Labute approximate surface area is 203 Å². The monoisotopic (exact) mass is 502 g/mol. The first-order valence-electron chi connectivity index (χ1n) is 10.6. The molecular weight excluding hydrogens is 480 g/mol. The van der Waals surface area contributed by atoms with Crippen molar-refractivity contribution in [2.45, 2.75) is 38.5 Å². The number of benzene rings is 2. The van der Waals surface area contributed by atoms with Crippen LogP contribution in [0.1, 0.15) is 99.0 Å². The Morgan fingerprint density at radius 3 is 0.944 bits per heavy atom. The Kier molecular flexibility index (Phi) is 8.86. The van der Waals surface area contributed by atoms with Crippen molar-refractivity contribution in [2.24, 2.45) is 0 Å². The number of carboxylic acid groups (broad SMARTS) is 6. The van der Waals surface area contributed by atoms with Gasteiger partial charge in [0.25, 0.3) is 0 Å². The number of unbranched alkanes of at least 4 members (excludes halogenated alkanes) is 3. The lowest BCUT2D eigenvalue weighted by molar-refractivity contribution is 0.0646. The summed E-state index contributed by atoms with van der Waals surface area (Å²) in [6.45, 7) is 0. The maximum absolute atomic E-state index is 11.7. The van der Waals surface area contributed by atoms with Crippen LogP contribution in [0.4, 0.5) is 0 Å². The third-order valence-corrected chi connectivity index (χ3v) is 5.58. The fourth-order valence-corrected chi connectivity index (χ4v) is 4.02. The molecule has 0 amide bonds. The predicted molar refractivity (Wildman–Crippen MR) is 121 cm³/mol. The van der Waals surface area contributed by atoms with Crippen LogP contribution >= 0.6 is 0 Å². The summed E-state index contributed by atoms with van der Waals surface area (Å²) in [4.78, 5) is 69.2. The molecule has 190 valence electrons. The lowest BCUT2D eigenvalue weighted by atomic mass is 9.90. The summed E-state index contributed by atoms with van der Waals surface area (Å²) in [6, 6.07) is 3.90. The highest BCUT2D eigenvalue weighted by Crippen LogP contribution is 2.25. The minimum atomic E-state index is -1.58. The summed E-state index contributed by atoms with van der Waals surface area (Å²) < 4.78 is 0. The number of rotatable bonds is 13. The van der Waals surface area contributed by atoms with Crippen molar-refractivity contribution in [2.75, 3.05) is 0 Å². The van der Waals surface area contributed by atoms with E-state index in [0.29, 0.717) is 12.8 Å². The summed E-state index contributed by atoms with van der Waals surface area (Å²) >= 11 is 0. The van der Waals surface area contributed by atoms with E-state index < -0.39 is 58.1 Å². The van der Waals surface area contributed by atoms with Crippen LogP contribution < -0.4 is 0 Å². The zero-order valence-electron chi connectivity index (χ0n) is 18.7. The van der Waals surface area contributed by atoms with Crippen LogP contribution in [-0.2, 0) is 12.8 Å². The highest BCUT2D eigenvalue weighted by atomic mass is 16.4. The topological polar surface area (TPSA) is 224 Å². The van der Waals surface area contributed by atoms with Crippen LogP contribution in [0.2, 0.25) is 0 Å². The second-order valence-corrected chi connectivity index (χ2v) is 7.77. The van der Waals surface area contributed by atoms with E-state index in [0.717, 1.165) is 24.3 Å². The molecule has 2 rings (SSSR count). The molecule has 0 saturated heterocycles. The van der Waals surface area contributed by atoms with Gasteiger partial charge in [-0.1, -0.05) is 12.8 Å². The lowest BCUT2D eigenvalue weighted by Gasteiger charge is -2.14. The third-order valence-electron chi connectivity index (χ3n) is 5.58. The Morgan fingerprint density at radius 2 is 0.694 bits per heavy atom. The minimum Gasteiger partial charge on any atom is -0.478 e. The van der Waals surface area contributed by atoms with Crippen molar-refractivity contribution < 1.29 is 59.4 Å². The zero-order valence-corrected chi connectivity index (χ0v) is 18.7. The SMILES string of the molecule is O=C(O)c1ccc(C(=O)O)c(C(=O)O)c1CCCCCCc1c(C(=O)O)ccc(C(=O)O)c1C(=O)O. The highest BCUT2D eigenvalue weighted by Gasteiger charge is 2.26. The molecule has 0 fully saturated rings. The van der Waals surface area contributed by atoms with Gasteiger partial charge in [0, 0.05) is 0 Å². The fourth-order valence-electron chi connectivity index (χ4n) is 4.02. The van der Waals surface area contributed by atoms with E-state index in [1.807, 2.05) is 0 Å². The molecule has 6 N–H and O–H groups in total. The van der Waals surface area contributed by atoms with E-state index in [4.69, 9.17) is 0 Å². The fraction of sp³-hybridized carbons (Fsp3) is 0.250. The number of aromatic carboxylic acids is 6. The maximum atomic E-state index is 11.7. The van der Waals surface area contributed by atoms with Crippen LogP contribution in [0, 0.1) is 0 Å². The molecule has 0 aliphatic heterocycles. The first-order chi connectivity index (χ1) is 16.9. The molecule has 0 bridgehead atoms. The smallest absolute Gasteiger partial charge is 0.336 e. The van der Waals surface area contributed by atoms with Crippen molar-refractivity contribution >= 4 is 35.8 Å². The average Bonchev–Trinajstić information content (AvgIpc) is 2.79. The predicted octanol–water partition coefficient (Wildman–Crippen LogP) is 3.22. The Balaban J connectivity index is 2.19. The van der Waals surface area contributed by atoms with Crippen molar-refractivity contribution in [1.29, 1.82) is 0 Å². The zero-order chi connectivity index (χ0) is 27.2. The number of carboxylic acids is 6. The minimum absolute atomic E-state index is 0.0559. The van der Waals surface area contributed by atoms with E-state index in [2.05, 4.69) is 0 Å². The van der Waals surface area contributed by atoms with Crippen LogP contribution in [0.25, 0.3) is 0 Å². The van der Waals surface area contributed by atoms with Gasteiger partial charge in [0.05, 0.1) is 33.4 Å². The molecule has 12 nitrogen and oxygen atoms in total. The molecule has 12 heteroatoms. The van der Waals surface area contributed by atoms with Gasteiger partial charge in [0.1, 0.15) is 0 Å². The van der Waals surface area contributed by atoms with Gasteiger partial charge in [0.15, 0.2) is 0 Å². The molecule has 0 aliphatic rings. The van der Waals surface area contributed by atoms with Gasteiger partial charge < -0.3 is 30.6 Å². The molecule has 0 radical (unpaired) electrons. The first-order valence-corrected chi connectivity index (χ1v) is 10.6. The van der Waals surface area contributed by atoms with Gasteiger partial charge in [-0.2, -0.15) is 0 Å². The van der Waals surface area contributed by atoms with Crippen molar-refractivity contribution in [3.8, 4) is 0 Å². The van der Waals surface area contributed by atoms with Gasteiger partial charge in [-0.15, -0.1) is 0 Å². The van der Waals surface area contributed by atoms with Gasteiger partial charge >= 0.3 is 35.8 Å². The van der Waals surface area contributed by atoms with E-state index in [1.165, 1.54) is 0 Å². The summed E-state index contributed by atoms with van der Waals surface area (Å²) in [7, 11) is 0. The summed E-state index contributed by atoms with van der Waals surface area (Å²) in [6.07, 6.45) is 1.18. The Hall–Kier alpha value is -4.74. The van der Waals surface area contributed by atoms with E-state index >= 15 is 0 Å². The quantitative estimate of drug-likeness (QED) is 0.217. The molecule has 2 aromatic rings. The van der Waals surface area contributed by atoms with E-state index in [9.17, 15) is 59.4 Å². The molecule has 0 saturated carbocycles. The van der Waals surface area contributed by atoms with E-state index in [1.54, 1.807) is 0 Å². The summed E-state index contributed by atoms with van der Waals surface area (Å²) in [5.74, 6) is -9.01. The average molecular weight is 502 g/mol. The summed E-state index contributed by atoms with van der Waals surface area (Å²) in [5, 5.41) is 56.3. The lowest BCUT2D eigenvalue weighted by Crippen LogP contribution is -2.16. The van der Waals surface area contributed by atoms with Crippen LogP contribution in [0.3, 0.4) is 0 Å². The van der Waals surface area contributed by atoms with Crippen molar-refractivity contribution in [1.82, 2.24) is 0 Å². The largest absolute Gasteiger partial charge is 0.478 e. The van der Waals surface area contributed by atoms with Gasteiger partial charge in [-0.05, 0) is 61.1 Å².